The minimum absolute atomic E-state index is 0.0592. The van der Waals surface area contributed by atoms with Crippen molar-refractivity contribution in [3.8, 4) is 0 Å². The molecule has 7 heteroatoms. The van der Waals surface area contributed by atoms with Crippen LogP contribution < -0.4 is 16.0 Å². The summed E-state index contributed by atoms with van der Waals surface area (Å²) in [6.45, 7) is 16.5. The van der Waals surface area contributed by atoms with Crippen LogP contribution in [0.15, 0.2) is 35.3 Å². The number of hydrogen-bond acceptors (Lipinski definition) is 4. The first-order valence-corrected chi connectivity index (χ1v) is 11.7. The number of rotatable bonds is 10. The highest BCUT2D eigenvalue weighted by atomic mass is 16.2. The molecule has 1 aromatic carbocycles. The SMILES string of the molecule is CCNC(=NCC(=O)NC(C)(C)C)NCCCCN1CCN(Cc2ccccc2)CC1. The summed E-state index contributed by atoms with van der Waals surface area (Å²) in [6, 6.07) is 10.7. The highest BCUT2D eigenvalue weighted by Gasteiger charge is 2.16. The van der Waals surface area contributed by atoms with Gasteiger partial charge in [-0.1, -0.05) is 30.3 Å². The molecule has 0 radical (unpaired) electrons. The first-order chi connectivity index (χ1) is 14.9. The van der Waals surface area contributed by atoms with E-state index in [4.69, 9.17) is 0 Å². The lowest BCUT2D eigenvalue weighted by Gasteiger charge is -2.34. The molecule has 0 aromatic heterocycles. The largest absolute Gasteiger partial charge is 0.357 e. The molecule has 0 saturated carbocycles. The Hall–Kier alpha value is -2.12. The molecule has 0 atom stereocenters. The van der Waals surface area contributed by atoms with Crippen LogP contribution in [-0.2, 0) is 11.3 Å². The molecule has 1 aliphatic rings. The quantitative estimate of drug-likeness (QED) is 0.301. The molecule has 0 aliphatic carbocycles. The third-order valence-electron chi connectivity index (χ3n) is 5.15. The first kappa shape index (κ1) is 25.1. The van der Waals surface area contributed by atoms with Gasteiger partial charge in [0.1, 0.15) is 6.54 Å². The molecule has 2 rings (SSSR count). The van der Waals surface area contributed by atoms with E-state index in [0.29, 0.717) is 5.96 Å². The van der Waals surface area contributed by atoms with Crippen LogP contribution in [0.1, 0.15) is 46.1 Å². The molecule has 1 aliphatic heterocycles. The Morgan fingerprint density at radius 1 is 1.00 bits per heavy atom. The fourth-order valence-corrected chi connectivity index (χ4v) is 3.63. The van der Waals surface area contributed by atoms with E-state index in [9.17, 15) is 4.79 Å². The number of benzene rings is 1. The topological polar surface area (TPSA) is 72.0 Å². The molecule has 0 bridgehead atoms. The number of unbranched alkanes of at least 4 members (excludes halogenated alkanes) is 1. The number of guanidine groups is 1. The van der Waals surface area contributed by atoms with E-state index < -0.39 is 0 Å². The molecular formula is C24H42N6O. The van der Waals surface area contributed by atoms with Crippen molar-refractivity contribution in [2.24, 2.45) is 4.99 Å². The summed E-state index contributed by atoms with van der Waals surface area (Å²) in [5.41, 5.74) is 1.17. The van der Waals surface area contributed by atoms with Gasteiger partial charge in [-0.2, -0.15) is 0 Å². The van der Waals surface area contributed by atoms with Gasteiger partial charge in [0.05, 0.1) is 0 Å². The standard InChI is InChI=1S/C24H42N6O/c1-5-25-23(27-19-22(31)28-24(2,3)4)26-13-9-10-14-29-15-17-30(18-16-29)20-21-11-7-6-8-12-21/h6-8,11-12H,5,9-10,13-20H2,1-4H3,(H,28,31)(H2,25,26,27). The third-order valence-corrected chi connectivity index (χ3v) is 5.15. The van der Waals surface area contributed by atoms with Gasteiger partial charge >= 0.3 is 0 Å². The van der Waals surface area contributed by atoms with Crippen molar-refractivity contribution in [2.45, 2.75) is 52.6 Å². The second-order valence-electron chi connectivity index (χ2n) is 9.23. The summed E-state index contributed by atoms with van der Waals surface area (Å²) < 4.78 is 0. The van der Waals surface area contributed by atoms with E-state index in [1.807, 2.05) is 27.7 Å². The van der Waals surface area contributed by atoms with E-state index in [0.717, 1.165) is 65.2 Å². The maximum atomic E-state index is 12.0. The van der Waals surface area contributed by atoms with E-state index in [1.165, 1.54) is 5.56 Å². The van der Waals surface area contributed by atoms with Crippen molar-refractivity contribution in [3.63, 3.8) is 0 Å². The van der Waals surface area contributed by atoms with Crippen molar-refractivity contribution in [1.82, 2.24) is 25.8 Å². The lowest BCUT2D eigenvalue weighted by Crippen LogP contribution is -2.46. The van der Waals surface area contributed by atoms with Gasteiger partial charge in [-0.05, 0) is 52.6 Å². The van der Waals surface area contributed by atoms with Crippen LogP contribution in [0.5, 0.6) is 0 Å². The normalized spacial score (nSPS) is 16.2. The van der Waals surface area contributed by atoms with Gasteiger partial charge in [0, 0.05) is 51.4 Å². The molecule has 174 valence electrons. The Kier molecular flexibility index (Phi) is 10.8. The zero-order valence-electron chi connectivity index (χ0n) is 19.9. The lowest BCUT2D eigenvalue weighted by atomic mass is 10.1. The monoisotopic (exact) mass is 430 g/mol. The number of nitrogens with one attached hydrogen (secondary N) is 3. The Morgan fingerprint density at radius 2 is 1.68 bits per heavy atom. The molecule has 0 spiro atoms. The average Bonchev–Trinajstić information content (AvgIpc) is 2.72. The van der Waals surface area contributed by atoms with Crippen molar-refractivity contribution >= 4 is 11.9 Å². The summed E-state index contributed by atoms with van der Waals surface area (Å²) in [5, 5.41) is 9.49. The van der Waals surface area contributed by atoms with Gasteiger partial charge < -0.3 is 20.9 Å². The Balaban J connectivity index is 1.59. The summed E-state index contributed by atoms with van der Waals surface area (Å²) in [6.07, 6.45) is 2.25. The van der Waals surface area contributed by atoms with Crippen LogP contribution >= 0.6 is 0 Å². The van der Waals surface area contributed by atoms with Crippen molar-refractivity contribution in [1.29, 1.82) is 0 Å². The highest BCUT2D eigenvalue weighted by molar-refractivity contribution is 5.85. The minimum Gasteiger partial charge on any atom is -0.357 e. The maximum absolute atomic E-state index is 12.0. The van der Waals surface area contributed by atoms with Gasteiger partial charge in [0.2, 0.25) is 5.91 Å². The van der Waals surface area contributed by atoms with Crippen LogP contribution in [0, 0.1) is 0 Å². The zero-order valence-corrected chi connectivity index (χ0v) is 19.9. The molecule has 1 heterocycles. The van der Waals surface area contributed by atoms with Gasteiger partial charge in [-0.3, -0.25) is 9.69 Å². The van der Waals surface area contributed by atoms with Gasteiger partial charge in [-0.15, -0.1) is 0 Å². The van der Waals surface area contributed by atoms with Crippen molar-refractivity contribution in [2.75, 3.05) is 52.4 Å². The fourth-order valence-electron chi connectivity index (χ4n) is 3.63. The molecule has 3 N–H and O–H groups in total. The van der Waals surface area contributed by atoms with Crippen LogP contribution in [-0.4, -0.2) is 79.6 Å². The maximum Gasteiger partial charge on any atom is 0.242 e. The predicted molar refractivity (Wildman–Crippen MR) is 129 cm³/mol. The van der Waals surface area contributed by atoms with E-state index in [-0.39, 0.29) is 18.0 Å². The molecule has 1 fully saturated rings. The van der Waals surface area contributed by atoms with Crippen LogP contribution in [0.3, 0.4) is 0 Å². The molecule has 0 unspecified atom stereocenters. The molecule has 1 amide bonds. The molecule has 31 heavy (non-hydrogen) atoms. The van der Waals surface area contributed by atoms with Crippen molar-refractivity contribution < 1.29 is 4.79 Å². The molecule has 1 saturated heterocycles. The molecule has 7 nitrogen and oxygen atoms in total. The summed E-state index contributed by atoms with van der Waals surface area (Å²) in [7, 11) is 0. The number of piperazine rings is 1. The van der Waals surface area contributed by atoms with Gasteiger partial charge in [0.25, 0.3) is 0 Å². The molecular weight excluding hydrogens is 388 g/mol. The smallest absolute Gasteiger partial charge is 0.242 e. The van der Waals surface area contributed by atoms with E-state index in [1.54, 1.807) is 0 Å². The highest BCUT2D eigenvalue weighted by Crippen LogP contribution is 2.09. The number of nitrogens with zero attached hydrogens (tertiary/aromatic N) is 3. The third kappa shape index (κ3) is 11.2. The van der Waals surface area contributed by atoms with Crippen LogP contribution in [0.25, 0.3) is 0 Å². The number of aliphatic imine (C=N–C) groups is 1. The van der Waals surface area contributed by atoms with Crippen LogP contribution in [0.2, 0.25) is 0 Å². The second kappa shape index (κ2) is 13.3. The first-order valence-electron chi connectivity index (χ1n) is 11.7. The number of amides is 1. The second-order valence-corrected chi connectivity index (χ2v) is 9.23. The molecule has 1 aromatic rings. The van der Waals surface area contributed by atoms with Gasteiger partial charge in [-0.25, -0.2) is 4.99 Å². The average molecular weight is 431 g/mol. The summed E-state index contributed by atoms with van der Waals surface area (Å²) in [4.78, 5) is 21.5. The zero-order chi connectivity index (χ0) is 22.5. The predicted octanol–water partition coefficient (Wildman–Crippen LogP) is 2.05. The number of carbonyl (C=O) groups excluding carboxylic acids is 1. The lowest BCUT2D eigenvalue weighted by molar-refractivity contribution is -0.121. The summed E-state index contributed by atoms with van der Waals surface area (Å²) in [5.74, 6) is 0.650. The van der Waals surface area contributed by atoms with Crippen molar-refractivity contribution in [3.05, 3.63) is 35.9 Å². The van der Waals surface area contributed by atoms with Crippen LogP contribution in [0.4, 0.5) is 0 Å². The Bertz CT molecular complexity index is 662. The Labute approximate surface area is 188 Å². The Morgan fingerprint density at radius 3 is 2.32 bits per heavy atom. The minimum atomic E-state index is -0.231. The number of carbonyl (C=O) groups is 1. The van der Waals surface area contributed by atoms with Gasteiger partial charge in [0.15, 0.2) is 5.96 Å². The van der Waals surface area contributed by atoms with E-state index in [2.05, 4.69) is 61.1 Å². The fraction of sp³-hybridized carbons (Fsp3) is 0.667. The van der Waals surface area contributed by atoms with E-state index >= 15 is 0 Å². The summed E-state index contributed by atoms with van der Waals surface area (Å²) >= 11 is 0. The number of hydrogen-bond donors (Lipinski definition) is 3.